The lowest BCUT2D eigenvalue weighted by Crippen LogP contribution is -2.29. The predicted molar refractivity (Wildman–Crippen MR) is 89.0 cm³/mol. The predicted octanol–water partition coefficient (Wildman–Crippen LogP) is 4.85. The number of nitrogens with one attached hydrogen (secondary N) is 2. The fourth-order valence-electron chi connectivity index (χ4n) is 2.52. The second kappa shape index (κ2) is 7.18. The quantitative estimate of drug-likeness (QED) is 0.637. The maximum Gasteiger partial charge on any atom is 0.419 e. The molecule has 0 fully saturated rings. The van der Waals surface area contributed by atoms with Crippen molar-refractivity contribution in [2.75, 3.05) is 5.32 Å². The molecule has 9 heteroatoms. The first-order chi connectivity index (χ1) is 12.8. The SMILES string of the molecule is O=C(NCc1ccc(C(F)(F)F)c(F)c1F)Nc1cccc2cnccc12. The Morgan fingerprint density at radius 2 is 1.81 bits per heavy atom. The molecule has 0 aliphatic rings. The molecule has 1 aromatic heterocycles. The molecule has 0 aliphatic carbocycles. The summed E-state index contributed by atoms with van der Waals surface area (Å²) < 4.78 is 65.1. The Morgan fingerprint density at radius 3 is 2.56 bits per heavy atom. The number of carbonyl (C=O) groups excluding carboxylic acids is 1. The average Bonchev–Trinajstić information content (AvgIpc) is 2.62. The highest BCUT2D eigenvalue weighted by Crippen LogP contribution is 2.33. The smallest absolute Gasteiger partial charge is 0.334 e. The molecule has 2 N–H and O–H groups in total. The summed E-state index contributed by atoms with van der Waals surface area (Å²) in [7, 11) is 0. The Bertz CT molecular complexity index is 999. The molecule has 0 saturated heterocycles. The van der Waals surface area contributed by atoms with Crippen LogP contribution >= 0.6 is 0 Å². The van der Waals surface area contributed by atoms with Gasteiger partial charge in [-0.2, -0.15) is 13.2 Å². The summed E-state index contributed by atoms with van der Waals surface area (Å²) in [5.74, 6) is -3.65. The fraction of sp³-hybridized carbons (Fsp3) is 0.111. The number of alkyl halides is 3. The topological polar surface area (TPSA) is 54.0 Å². The monoisotopic (exact) mass is 381 g/mol. The molecule has 0 atom stereocenters. The number of hydrogen-bond donors (Lipinski definition) is 2. The van der Waals surface area contributed by atoms with E-state index in [0.29, 0.717) is 11.8 Å². The number of nitrogens with zero attached hydrogens (tertiary/aromatic N) is 1. The van der Waals surface area contributed by atoms with Gasteiger partial charge < -0.3 is 10.6 Å². The highest BCUT2D eigenvalue weighted by molar-refractivity contribution is 6.01. The molecule has 3 rings (SSSR count). The molecule has 3 aromatic rings. The summed E-state index contributed by atoms with van der Waals surface area (Å²) in [6, 6.07) is 7.32. The number of anilines is 1. The van der Waals surface area contributed by atoms with Crippen LogP contribution < -0.4 is 10.6 Å². The Morgan fingerprint density at radius 1 is 1.04 bits per heavy atom. The van der Waals surface area contributed by atoms with Crippen LogP contribution in [0.1, 0.15) is 11.1 Å². The van der Waals surface area contributed by atoms with Crippen LogP contribution in [0.2, 0.25) is 0 Å². The van der Waals surface area contributed by atoms with Gasteiger partial charge in [0.05, 0.1) is 11.3 Å². The third-order valence-electron chi connectivity index (χ3n) is 3.84. The zero-order chi connectivity index (χ0) is 19.6. The van der Waals surface area contributed by atoms with Crippen LogP contribution in [0.15, 0.2) is 48.8 Å². The lowest BCUT2D eigenvalue weighted by molar-refractivity contribution is -0.140. The minimum atomic E-state index is -5.00. The lowest BCUT2D eigenvalue weighted by Gasteiger charge is -2.13. The van der Waals surface area contributed by atoms with Crippen molar-refractivity contribution in [2.24, 2.45) is 0 Å². The fourth-order valence-corrected chi connectivity index (χ4v) is 2.52. The normalized spacial score (nSPS) is 11.4. The van der Waals surface area contributed by atoms with E-state index >= 15 is 0 Å². The molecular weight excluding hydrogens is 369 g/mol. The summed E-state index contributed by atoms with van der Waals surface area (Å²) in [4.78, 5) is 16.0. The number of carbonyl (C=O) groups is 1. The van der Waals surface area contributed by atoms with Crippen LogP contribution in [0, 0.1) is 11.6 Å². The van der Waals surface area contributed by atoms with E-state index in [4.69, 9.17) is 0 Å². The summed E-state index contributed by atoms with van der Waals surface area (Å²) in [6.45, 7) is -0.487. The van der Waals surface area contributed by atoms with E-state index in [1.807, 2.05) is 0 Å². The van der Waals surface area contributed by atoms with Crippen LogP contribution in [-0.4, -0.2) is 11.0 Å². The van der Waals surface area contributed by atoms with Crippen molar-refractivity contribution in [3.05, 3.63) is 71.6 Å². The molecule has 0 bridgehead atoms. The molecule has 0 spiro atoms. The molecule has 2 amide bonds. The summed E-state index contributed by atoms with van der Waals surface area (Å²) in [6.07, 6.45) is -1.85. The molecule has 140 valence electrons. The van der Waals surface area contributed by atoms with Crippen LogP contribution in [0.25, 0.3) is 10.8 Å². The van der Waals surface area contributed by atoms with Gasteiger partial charge in [-0.1, -0.05) is 18.2 Å². The molecule has 0 saturated carbocycles. The number of aromatic nitrogens is 1. The van der Waals surface area contributed by atoms with Crippen LogP contribution in [-0.2, 0) is 12.7 Å². The van der Waals surface area contributed by atoms with Crippen LogP contribution in [0.5, 0.6) is 0 Å². The average molecular weight is 381 g/mol. The molecule has 0 radical (unpaired) electrons. The highest BCUT2D eigenvalue weighted by Gasteiger charge is 2.35. The zero-order valence-electron chi connectivity index (χ0n) is 13.6. The Kier molecular flexibility index (Phi) is 4.93. The van der Waals surface area contributed by atoms with Crippen molar-refractivity contribution in [1.82, 2.24) is 10.3 Å². The first-order valence-electron chi connectivity index (χ1n) is 7.69. The number of fused-ring (bicyclic) bond motifs is 1. The summed E-state index contributed by atoms with van der Waals surface area (Å²) in [5.41, 5.74) is -1.64. The van der Waals surface area contributed by atoms with Gasteiger partial charge >= 0.3 is 12.2 Å². The number of rotatable bonds is 3. The van der Waals surface area contributed by atoms with Gasteiger partial charge in [-0.05, 0) is 18.2 Å². The number of pyridine rings is 1. The van der Waals surface area contributed by atoms with E-state index in [1.165, 1.54) is 0 Å². The van der Waals surface area contributed by atoms with Gasteiger partial charge in [-0.15, -0.1) is 0 Å². The van der Waals surface area contributed by atoms with Gasteiger partial charge in [0.25, 0.3) is 0 Å². The number of halogens is 5. The van der Waals surface area contributed by atoms with Gasteiger partial charge in [0.2, 0.25) is 0 Å². The van der Waals surface area contributed by atoms with E-state index in [0.717, 1.165) is 16.8 Å². The number of amides is 2. The van der Waals surface area contributed by atoms with E-state index in [9.17, 15) is 26.7 Å². The van der Waals surface area contributed by atoms with Crippen molar-refractivity contribution in [1.29, 1.82) is 0 Å². The van der Waals surface area contributed by atoms with Gasteiger partial charge in [0.1, 0.15) is 0 Å². The van der Waals surface area contributed by atoms with Crippen LogP contribution in [0.4, 0.5) is 32.4 Å². The van der Waals surface area contributed by atoms with E-state index in [-0.39, 0.29) is 0 Å². The van der Waals surface area contributed by atoms with Crippen molar-refractivity contribution < 1.29 is 26.7 Å². The molecule has 4 nitrogen and oxygen atoms in total. The summed E-state index contributed by atoms with van der Waals surface area (Å²) >= 11 is 0. The van der Waals surface area contributed by atoms with E-state index in [2.05, 4.69) is 15.6 Å². The second-order valence-corrected chi connectivity index (χ2v) is 5.61. The maximum atomic E-state index is 13.8. The largest absolute Gasteiger partial charge is 0.419 e. The molecule has 0 aliphatic heterocycles. The standard InChI is InChI=1S/C18H12F5N3O/c19-15-11(4-5-13(16(15)20)18(21,22)23)9-25-17(27)26-14-3-1-2-10-8-24-7-6-12(10)14/h1-8H,9H2,(H2,25,26,27). The zero-order valence-corrected chi connectivity index (χ0v) is 13.6. The Labute approximate surface area is 150 Å². The first-order valence-corrected chi connectivity index (χ1v) is 7.69. The molecule has 2 aromatic carbocycles. The van der Waals surface area contributed by atoms with Gasteiger partial charge in [0.15, 0.2) is 11.6 Å². The molecule has 1 heterocycles. The Hall–Kier alpha value is -3.23. The minimum Gasteiger partial charge on any atom is -0.334 e. The number of urea groups is 1. The molecule has 27 heavy (non-hydrogen) atoms. The first kappa shape index (κ1) is 18.6. The maximum absolute atomic E-state index is 13.8. The minimum absolute atomic E-state index is 0.405. The van der Waals surface area contributed by atoms with Crippen molar-refractivity contribution in [3.63, 3.8) is 0 Å². The van der Waals surface area contributed by atoms with Crippen LogP contribution in [0.3, 0.4) is 0 Å². The lowest BCUT2D eigenvalue weighted by atomic mass is 10.1. The van der Waals surface area contributed by atoms with Gasteiger partial charge in [0, 0.05) is 35.3 Å². The summed E-state index contributed by atoms with van der Waals surface area (Å²) in [5, 5.41) is 6.34. The number of hydrogen-bond acceptors (Lipinski definition) is 2. The van der Waals surface area contributed by atoms with Crippen molar-refractivity contribution in [2.45, 2.75) is 12.7 Å². The molecule has 0 unspecified atom stereocenters. The molecular formula is C18H12F5N3O. The van der Waals surface area contributed by atoms with E-state index < -0.39 is 41.5 Å². The van der Waals surface area contributed by atoms with Crippen molar-refractivity contribution >= 4 is 22.5 Å². The second-order valence-electron chi connectivity index (χ2n) is 5.61. The number of benzene rings is 2. The third-order valence-corrected chi connectivity index (χ3v) is 3.84. The highest BCUT2D eigenvalue weighted by atomic mass is 19.4. The van der Waals surface area contributed by atoms with E-state index in [1.54, 1.807) is 36.7 Å². The third kappa shape index (κ3) is 3.97. The van der Waals surface area contributed by atoms with Crippen molar-refractivity contribution in [3.8, 4) is 0 Å². The van der Waals surface area contributed by atoms with Gasteiger partial charge in [-0.3, -0.25) is 4.98 Å². The Balaban J connectivity index is 1.72. The van der Waals surface area contributed by atoms with Gasteiger partial charge in [-0.25, -0.2) is 13.6 Å².